The van der Waals surface area contributed by atoms with Crippen LogP contribution in [-0.4, -0.2) is 33.1 Å². The Kier molecular flexibility index (Phi) is 6.63. The van der Waals surface area contributed by atoms with Crippen molar-refractivity contribution >= 4 is 34.2 Å². The van der Waals surface area contributed by atoms with E-state index in [-0.39, 0.29) is 22.0 Å². The van der Waals surface area contributed by atoms with Gasteiger partial charge in [-0.15, -0.1) is 0 Å². The summed E-state index contributed by atoms with van der Waals surface area (Å²) in [5.74, 6) is -0.529. The van der Waals surface area contributed by atoms with Crippen molar-refractivity contribution in [2.45, 2.75) is 19.9 Å². The van der Waals surface area contributed by atoms with Crippen LogP contribution in [0.3, 0.4) is 0 Å². The number of hydrogen-bond acceptors (Lipinski definition) is 5. The lowest BCUT2D eigenvalue weighted by Crippen LogP contribution is -2.30. The number of aromatic nitrogens is 3. The molecular formula is C24H20ClN5O3. The second kappa shape index (κ2) is 9.77. The number of hydrogen-bond donors (Lipinski definition) is 0. The van der Waals surface area contributed by atoms with Crippen LogP contribution in [0, 0.1) is 11.3 Å². The van der Waals surface area contributed by atoms with E-state index >= 15 is 0 Å². The molecule has 0 saturated carbocycles. The van der Waals surface area contributed by atoms with Gasteiger partial charge < -0.3 is 9.30 Å². The SMILES string of the molecule is CCOCCCn1c(=NC(=O)c2ccc(Cl)cc2)c(C#N)cc2c(=O)n3ccccc3nc21. The predicted molar refractivity (Wildman–Crippen MR) is 124 cm³/mol. The molecule has 0 atom stereocenters. The van der Waals surface area contributed by atoms with Crippen LogP contribution < -0.4 is 11.0 Å². The number of nitriles is 1. The number of aryl methyl sites for hydroxylation is 1. The zero-order chi connectivity index (χ0) is 23.4. The van der Waals surface area contributed by atoms with Gasteiger partial charge in [0, 0.05) is 36.5 Å². The van der Waals surface area contributed by atoms with E-state index in [9.17, 15) is 14.9 Å². The number of rotatable bonds is 6. The molecule has 3 heterocycles. The fraction of sp³-hybridized carbons (Fsp3) is 0.208. The minimum Gasteiger partial charge on any atom is -0.382 e. The maximum absolute atomic E-state index is 13.1. The third-order valence-corrected chi connectivity index (χ3v) is 5.34. The topological polar surface area (TPSA) is 102 Å². The smallest absolute Gasteiger partial charge is 0.278 e. The molecule has 1 aromatic carbocycles. The molecule has 0 N–H and O–H groups in total. The Morgan fingerprint density at radius 2 is 2.03 bits per heavy atom. The number of pyridine rings is 2. The molecule has 0 aliphatic carbocycles. The molecule has 9 heteroatoms. The molecule has 0 saturated heterocycles. The summed E-state index contributed by atoms with van der Waals surface area (Å²) in [6.07, 6.45) is 2.20. The van der Waals surface area contributed by atoms with Crippen molar-refractivity contribution in [3.63, 3.8) is 0 Å². The first-order valence-electron chi connectivity index (χ1n) is 10.4. The van der Waals surface area contributed by atoms with Gasteiger partial charge in [0.2, 0.25) is 0 Å². The molecule has 4 rings (SSSR count). The Bertz CT molecular complexity index is 1510. The normalized spacial score (nSPS) is 11.7. The number of carbonyl (C=O) groups excluding carboxylic acids is 1. The first-order valence-corrected chi connectivity index (χ1v) is 10.8. The third kappa shape index (κ3) is 4.55. The van der Waals surface area contributed by atoms with E-state index in [1.165, 1.54) is 10.5 Å². The highest BCUT2D eigenvalue weighted by molar-refractivity contribution is 6.30. The largest absolute Gasteiger partial charge is 0.382 e. The molecule has 4 aromatic rings. The van der Waals surface area contributed by atoms with Crippen LogP contribution >= 0.6 is 11.6 Å². The maximum Gasteiger partial charge on any atom is 0.278 e. The Balaban J connectivity index is 2.00. The minimum absolute atomic E-state index is 0.107. The van der Waals surface area contributed by atoms with E-state index in [2.05, 4.69) is 16.0 Å². The number of fused-ring (bicyclic) bond motifs is 2. The van der Waals surface area contributed by atoms with Crippen molar-refractivity contribution in [1.29, 1.82) is 5.26 Å². The van der Waals surface area contributed by atoms with E-state index in [1.54, 1.807) is 53.2 Å². The molecule has 0 spiro atoms. The quantitative estimate of drug-likeness (QED) is 0.323. The molecule has 0 radical (unpaired) electrons. The highest BCUT2D eigenvalue weighted by Gasteiger charge is 2.15. The van der Waals surface area contributed by atoms with Gasteiger partial charge in [0.15, 0.2) is 5.49 Å². The lowest BCUT2D eigenvalue weighted by molar-refractivity contribution is 0.0997. The number of nitrogens with zero attached hydrogens (tertiary/aromatic N) is 5. The minimum atomic E-state index is -0.529. The van der Waals surface area contributed by atoms with Gasteiger partial charge >= 0.3 is 0 Å². The second-order valence-electron chi connectivity index (χ2n) is 7.20. The van der Waals surface area contributed by atoms with Crippen molar-refractivity contribution in [3.05, 3.63) is 86.7 Å². The van der Waals surface area contributed by atoms with Crippen LogP contribution in [0.15, 0.2) is 64.5 Å². The van der Waals surface area contributed by atoms with Crippen LogP contribution in [0.1, 0.15) is 29.3 Å². The van der Waals surface area contributed by atoms with Gasteiger partial charge in [-0.25, -0.2) is 4.98 Å². The van der Waals surface area contributed by atoms with Gasteiger partial charge in [0.1, 0.15) is 17.4 Å². The maximum atomic E-state index is 13.1. The summed E-state index contributed by atoms with van der Waals surface area (Å²) in [5, 5.41) is 10.6. The molecule has 1 amide bonds. The summed E-state index contributed by atoms with van der Waals surface area (Å²) >= 11 is 5.92. The molecule has 33 heavy (non-hydrogen) atoms. The molecule has 3 aromatic heterocycles. The summed E-state index contributed by atoms with van der Waals surface area (Å²) in [7, 11) is 0. The molecule has 8 nitrogen and oxygen atoms in total. The summed E-state index contributed by atoms with van der Waals surface area (Å²) in [5.41, 5.74) is 1.08. The van der Waals surface area contributed by atoms with Crippen molar-refractivity contribution in [2.75, 3.05) is 13.2 Å². The van der Waals surface area contributed by atoms with Crippen molar-refractivity contribution in [2.24, 2.45) is 4.99 Å². The lowest BCUT2D eigenvalue weighted by Gasteiger charge is -2.13. The summed E-state index contributed by atoms with van der Waals surface area (Å²) in [6, 6.07) is 15.1. The average Bonchev–Trinajstić information content (AvgIpc) is 2.83. The highest BCUT2D eigenvalue weighted by atomic mass is 35.5. The standard InChI is InChI=1S/C24H20ClN5O3/c1-2-33-13-5-12-30-21(28-23(31)16-7-9-18(25)10-8-16)17(15-26)14-19-22(30)27-20-6-3-4-11-29(20)24(19)32/h3-4,6-11,14H,2,5,12-13H2,1H3. The van der Waals surface area contributed by atoms with Crippen LogP contribution in [0.4, 0.5) is 0 Å². The number of ether oxygens (including phenoxy) is 1. The van der Waals surface area contributed by atoms with Crippen molar-refractivity contribution < 1.29 is 9.53 Å². The predicted octanol–water partition coefficient (Wildman–Crippen LogP) is 3.34. The van der Waals surface area contributed by atoms with E-state index in [4.69, 9.17) is 16.3 Å². The molecule has 0 aliphatic rings. The second-order valence-corrected chi connectivity index (χ2v) is 7.64. The molecule has 0 aliphatic heterocycles. The fourth-order valence-corrected chi connectivity index (χ4v) is 3.64. The Labute approximate surface area is 194 Å². The van der Waals surface area contributed by atoms with Gasteiger partial charge in [-0.05, 0) is 55.8 Å². The molecule has 0 bridgehead atoms. The van der Waals surface area contributed by atoms with Crippen molar-refractivity contribution in [1.82, 2.24) is 14.0 Å². The van der Waals surface area contributed by atoms with Gasteiger partial charge in [-0.2, -0.15) is 10.3 Å². The average molecular weight is 462 g/mol. The Hall–Kier alpha value is -3.80. The molecule has 0 unspecified atom stereocenters. The van der Waals surface area contributed by atoms with E-state index in [0.29, 0.717) is 48.1 Å². The first-order chi connectivity index (χ1) is 16.0. The summed E-state index contributed by atoms with van der Waals surface area (Å²) < 4.78 is 8.51. The van der Waals surface area contributed by atoms with Crippen LogP contribution in [0.25, 0.3) is 16.7 Å². The number of carbonyl (C=O) groups is 1. The molecule has 166 valence electrons. The monoisotopic (exact) mass is 461 g/mol. The summed E-state index contributed by atoms with van der Waals surface area (Å²) in [4.78, 5) is 34.9. The van der Waals surface area contributed by atoms with E-state index in [0.717, 1.165) is 0 Å². The lowest BCUT2D eigenvalue weighted by atomic mass is 10.2. The number of amides is 1. The van der Waals surface area contributed by atoms with Gasteiger partial charge in [0.25, 0.3) is 11.5 Å². The Morgan fingerprint density at radius 1 is 1.24 bits per heavy atom. The van der Waals surface area contributed by atoms with E-state index < -0.39 is 5.91 Å². The highest BCUT2D eigenvalue weighted by Crippen LogP contribution is 2.13. The van der Waals surface area contributed by atoms with E-state index in [1.807, 2.05) is 6.92 Å². The van der Waals surface area contributed by atoms with Gasteiger partial charge in [-0.3, -0.25) is 14.0 Å². The first kappa shape index (κ1) is 22.4. The van der Waals surface area contributed by atoms with Gasteiger partial charge in [-0.1, -0.05) is 17.7 Å². The van der Waals surface area contributed by atoms with Crippen LogP contribution in [0.2, 0.25) is 5.02 Å². The molecule has 0 fully saturated rings. The van der Waals surface area contributed by atoms with Gasteiger partial charge in [0.05, 0.1) is 10.9 Å². The molecular weight excluding hydrogens is 442 g/mol. The van der Waals surface area contributed by atoms with Crippen molar-refractivity contribution in [3.8, 4) is 6.07 Å². The fourth-order valence-electron chi connectivity index (χ4n) is 3.51. The third-order valence-electron chi connectivity index (χ3n) is 5.08. The van der Waals surface area contributed by atoms with Crippen LogP contribution in [-0.2, 0) is 11.3 Å². The Morgan fingerprint density at radius 3 is 2.76 bits per heavy atom. The van der Waals surface area contributed by atoms with Crippen LogP contribution in [0.5, 0.6) is 0 Å². The zero-order valence-electron chi connectivity index (χ0n) is 17.9. The number of halogens is 1. The summed E-state index contributed by atoms with van der Waals surface area (Å²) in [6.45, 7) is 3.30. The number of benzene rings is 1. The zero-order valence-corrected chi connectivity index (χ0v) is 18.6.